The number of benzene rings is 1. The summed E-state index contributed by atoms with van der Waals surface area (Å²) >= 11 is 3.62. The number of hydrogen-bond donors (Lipinski definition) is 0. The van der Waals surface area contributed by atoms with Crippen LogP contribution in [0.4, 0.5) is 0 Å². The first kappa shape index (κ1) is 8.95. The fraction of sp³-hybridized carbons (Fsp3) is 0.364. The first-order valence-corrected chi connectivity index (χ1v) is 5.21. The summed E-state index contributed by atoms with van der Waals surface area (Å²) in [5, 5.41) is 2.34. The number of fused-ring (bicyclic) bond motifs is 1. The normalized spacial score (nSPS) is 19.2. The second-order valence-electron chi connectivity index (χ2n) is 4.02. The molecule has 0 aliphatic carbocycles. The molecule has 0 aromatic heterocycles. The van der Waals surface area contributed by atoms with Crippen LogP contribution in [0.5, 0.6) is 0 Å². The first-order valence-electron chi connectivity index (χ1n) is 4.42. The van der Waals surface area contributed by atoms with Crippen molar-refractivity contribution in [3.63, 3.8) is 0 Å². The monoisotopic (exact) mass is 237 g/mol. The van der Waals surface area contributed by atoms with E-state index in [-0.39, 0.29) is 5.54 Å². The van der Waals surface area contributed by atoms with Crippen LogP contribution in [0.15, 0.2) is 29.3 Å². The summed E-state index contributed by atoms with van der Waals surface area (Å²) in [7, 11) is 0. The molecule has 1 heterocycles. The second kappa shape index (κ2) is 2.95. The number of nitrogens with zero attached hydrogens (tertiary/aromatic N) is 1. The van der Waals surface area contributed by atoms with Gasteiger partial charge in [0.2, 0.25) is 0 Å². The van der Waals surface area contributed by atoms with Gasteiger partial charge in [-0.1, -0.05) is 34.1 Å². The van der Waals surface area contributed by atoms with Gasteiger partial charge in [-0.2, -0.15) is 0 Å². The van der Waals surface area contributed by atoms with Crippen molar-refractivity contribution < 1.29 is 0 Å². The molecule has 68 valence electrons. The van der Waals surface area contributed by atoms with Crippen LogP contribution in [-0.2, 0) is 0 Å². The van der Waals surface area contributed by atoms with E-state index in [0.29, 0.717) is 0 Å². The van der Waals surface area contributed by atoms with Gasteiger partial charge in [0.15, 0.2) is 0 Å². The first-order chi connectivity index (χ1) is 6.08. The molecule has 0 saturated carbocycles. The average molecular weight is 238 g/mol. The molecular formula is C11H12BrN. The molecule has 13 heavy (non-hydrogen) atoms. The van der Waals surface area contributed by atoms with E-state index in [4.69, 9.17) is 0 Å². The van der Waals surface area contributed by atoms with Gasteiger partial charge in [0, 0.05) is 16.1 Å². The third-order valence-corrected chi connectivity index (χ3v) is 2.91. The van der Waals surface area contributed by atoms with Crippen LogP contribution in [0.25, 0.3) is 4.48 Å². The SMILES string of the molecule is CC1(C)CC(Br)=c2ccccc2=N1. The smallest absolute Gasteiger partial charge is 0.0661 e. The minimum Gasteiger partial charge on any atom is -0.278 e. The lowest BCUT2D eigenvalue weighted by Crippen LogP contribution is -2.36. The van der Waals surface area contributed by atoms with E-state index in [1.807, 2.05) is 12.1 Å². The fourth-order valence-corrected chi connectivity index (χ4v) is 2.66. The van der Waals surface area contributed by atoms with Gasteiger partial charge >= 0.3 is 0 Å². The number of rotatable bonds is 0. The van der Waals surface area contributed by atoms with Crippen molar-refractivity contribution in [3.8, 4) is 0 Å². The summed E-state index contributed by atoms with van der Waals surface area (Å²) in [6, 6.07) is 8.26. The van der Waals surface area contributed by atoms with E-state index in [1.54, 1.807) is 0 Å². The Bertz CT molecular complexity index is 445. The van der Waals surface area contributed by atoms with E-state index < -0.39 is 0 Å². The lowest BCUT2D eigenvalue weighted by molar-refractivity contribution is 0.518. The lowest BCUT2D eigenvalue weighted by Gasteiger charge is -2.22. The predicted octanol–water partition coefficient (Wildman–Crippen LogP) is 1.99. The van der Waals surface area contributed by atoms with E-state index in [0.717, 1.165) is 11.8 Å². The zero-order chi connectivity index (χ0) is 9.47. The van der Waals surface area contributed by atoms with E-state index in [1.165, 1.54) is 9.70 Å². The Balaban J connectivity index is 2.81. The molecule has 0 fully saturated rings. The Morgan fingerprint density at radius 3 is 2.77 bits per heavy atom. The highest BCUT2D eigenvalue weighted by molar-refractivity contribution is 9.14. The molecule has 0 unspecified atom stereocenters. The van der Waals surface area contributed by atoms with Crippen LogP contribution in [0, 0.1) is 0 Å². The van der Waals surface area contributed by atoms with Gasteiger partial charge in [-0.3, -0.25) is 4.99 Å². The zero-order valence-corrected chi connectivity index (χ0v) is 9.43. The molecule has 1 aromatic rings. The third kappa shape index (κ3) is 1.68. The van der Waals surface area contributed by atoms with Crippen LogP contribution < -0.4 is 10.6 Å². The molecule has 0 atom stereocenters. The summed E-state index contributed by atoms with van der Waals surface area (Å²) in [5.41, 5.74) is 0.0349. The highest BCUT2D eigenvalue weighted by Crippen LogP contribution is 2.24. The maximum Gasteiger partial charge on any atom is 0.0661 e. The standard InChI is InChI=1S/C11H12BrN/c1-11(2)7-9(12)8-5-3-4-6-10(8)13-11/h3-6H,7H2,1-2H3. The van der Waals surface area contributed by atoms with Crippen LogP contribution in [0.2, 0.25) is 0 Å². The lowest BCUT2D eigenvalue weighted by atomic mass is 9.98. The van der Waals surface area contributed by atoms with Crippen LogP contribution in [0.3, 0.4) is 0 Å². The van der Waals surface area contributed by atoms with Crippen molar-refractivity contribution in [2.75, 3.05) is 0 Å². The Kier molecular flexibility index (Phi) is 2.03. The quantitative estimate of drug-likeness (QED) is 0.655. The summed E-state index contributed by atoms with van der Waals surface area (Å²) in [5.74, 6) is 0. The molecule has 1 aliphatic heterocycles. The van der Waals surface area contributed by atoms with Gasteiger partial charge in [0.1, 0.15) is 0 Å². The minimum atomic E-state index is 0.0349. The van der Waals surface area contributed by atoms with Gasteiger partial charge in [0.05, 0.1) is 10.9 Å². The van der Waals surface area contributed by atoms with Crippen molar-refractivity contribution in [1.82, 2.24) is 0 Å². The molecule has 0 amide bonds. The molecule has 0 saturated heterocycles. The van der Waals surface area contributed by atoms with Gasteiger partial charge in [-0.15, -0.1) is 0 Å². The van der Waals surface area contributed by atoms with Gasteiger partial charge in [-0.05, 0) is 19.9 Å². The highest BCUT2D eigenvalue weighted by Gasteiger charge is 2.20. The zero-order valence-electron chi connectivity index (χ0n) is 7.84. The van der Waals surface area contributed by atoms with Crippen LogP contribution in [0.1, 0.15) is 20.3 Å². The summed E-state index contributed by atoms with van der Waals surface area (Å²) in [6.45, 7) is 4.31. The largest absolute Gasteiger partial charge is 0.278 e. The Hall–Kier alpha value is -0.630. The topological polar surface area (TPSA) is 12.4 Å². The second-order valence-corrected chi connectivity index (χ2v) is 4.98. The molecule has 0 radical (unpaired) electrons. The maximum absolute atomic E-state index is 4.68. The molecule has 1 aliphatic rings. The third-order valence-electron chi connectivity index (χ3n) is 2.21. The minimum absolute atomic E-state index is 0.0349. The number of halogens is 1. The van der Waals surface area contributed by atoms with Crippen LogP contribution in [-0.4, -0.2) is 5.54 Å². The molecule has 0 bridgehead atoms. The molecule has 2 heteroatoms. The van der Waals surface area contributed by atoms with Crippen molar-refractivity contribution in [2.45, 2.75) is 25.8 Å². The number of para-hydroxylation sites is 1. The highest BCUT2D eigenvalue weighted by atomic mass is 79.9. The van der Waals surface area contributed by atoms with Gasteiger partial charge in [-0.25, -0.2) is 0 Å². The predicted molar refractivity (Wildman–Crippen MR) is 58.3 cm³/mol. The van der Waals surface area contributed by atoms with Crippen molar-refractivity contribution in [2.24, 2.45) is 4.99 Å². The summed E-state index contributed by atoms with van der Waals surface area (Å²) in [4.78, 5) is 4.68. The van der Waals surface area contributed by atoms with Gasteiger partial charge < -0.3 is 0 Å². The summed E-state index contributed by atoms with van der Waals surface area (Å²) in [6.07, 6.45) is 0.990. The number of hydrogen-bond acceptors (Lipinski definition) is 1. The Labute approximate surface area is 86.3 Å². The van der Waals surface area contributed by atoms with Crippen molar-refractivity contribution in [3.05, 3.63) is 34.8 Å². The van der Waals surface area contributed by atoms with Crippen molar-refractivity contribution >= 4 is 20.4 Å². The Morgan fingerprint density at radius 1 is 1.31 bits per heavy atom. The van der Waals surface area contributed by atoms with E-state index in [9.17, 15) is 0 Å². The Morgan fingerprint density at radius 2 is 2.00 bits per heavy atom. The molecule has 0 spiro atoms. The van der Waals surface area contributed by atoms with Crippen molar-refractivity contribution in [1.29, 1.82) is 0 Å². The van der Waals surface area contributed by atoms with Gasteiger partial charge in [0.25, 0.3) is 0 Å². The molecule has 2 rings (SSSR count). The molecule has 1 aromatic carbocycles. The fourth-order valence-electron chi connectivity index (χ4n) is 1.64. The molecule has 1 nitrogen and oxygen atoms in total. The van der Waals surface area contributed by atoms with E-state index >= 15 is 0 Å². The average Bonchev–Trinajstić information content (AvgIpc) is 2.02. The van der Waals surface area contributed by atoms with Crippen LogP contribution >= 0.6 is 15.9 Å². The maximum atomic E-state index is 4.68. The molecule has 0 N–H and O–H groups in total. The van der Waals surface area contributed by atoms with E-state index in [2.05, 4.69) is 46.9 Å². The molecular weight excluding hydrogens is 226 g/mol. The summed E-state index contributed by atoms with van der Waals surface area (Å²) < 4.78 is 1.27.